The van der Waals surface area contributed by atoms with Gasteiger partial charge in [0.05, 0.1) is 0 Å². The molecule has 0 spiro atoms. The molecular weight excluding hydrogens is 244 g/mol. The standard InChI is InChI=1S/C19H20O/c1-2-16-18-10-4-3-7-15(18)13-19(16)17-11-5-8-14(17)9-6-12-20/h2-5,7-8,10,13,20H,6,9,11-12H2,1H3. The van der Waals surface area contributed by atoms with E-state index in [0.29, 0.717) is 0 Å². The molecule has 0 saturated heterocycles. The van der Waals surface area contributed by atoms with Crippen LogP contribution in [0.1, 0.15) is 37.3 Å². The third-order valence-corrected chi connectivity index (χ3v) is 4.09. The van der Waals surface area contributed by atoms with Crippen LogP contribution in [-0.4, -0.2) is 11.7 Å². The lowest BCUT2D eigenvalue weighted by Crippen LogP contribution is -1.93. The molecule has 2 aliphatic carbocycles. The number of aliphatic hydroxyl groups is 1. The van der Waals surface area contributed by atoms with Crippen molar-refractivity contribution in [3.05, 3.63) is 70.3 Å². The lowest BCUT2D eigenvalue weighted by atomic mass is 9.93. The number of hydrogen-bond donors (Lipinski definition) is 1. The van der Waals surface area contributed by atoms with Crippen molar-refractivity contribution in [3.8, 4) is 0 Å². The van der Waals surface area contributed by atoms with Crippen molar-refractivity contribution in [2.75, 3.05) is 6.61 Å². The molecule has 0 bridgehead atoms. The summed E-state index contributed by atoms with van der Waals surface area (Å²) in [6.45, 7) is 2.38. The Kier molecular flexibility index (Phi) is 3.70. The first-order valence-corrected chi connectivity index (χ1v) is 7.32. The number of fused-ring (bicyclic) bond motifs is 1. The minimum Gasteiger partial charge on any atom is -0.396 e. The highest BCUT2D eigenvalue weighted by atomic mass is 16.2. The molecular formula is C19H20O. The van der Waals surface area contributed by atoms with Crippen LogP contribution in [0.5, 0.6) is 0 Å². The molecule has 1 N–H and O–H groups in total. The van der Waals surface area contributed by atoms with Gasteiger partial charge in [-0.2, -0.15) is 0 Å². The van der Waals surface area contributed by atoms with Gasteiger partial charge in [-0.1, -0.05) is 42.5 Å². The van der Waals surface area contributed by atoms with Gasteiger partial charge in [-0.15, -0.1) is 0 Å². The highest BCUT2D eigenvalue weighted by Gasteiger charge is 2.23. The van der Waals surface area contributed by atoms with Gasteiger partial charge in [0.1, 0.15) is 0 Å². The Labute approximate surface area is 120 Å². The monoisotopic (exact) mass is 264 g/mol. The highest BCUT2D eigenvalue weighted by Crippen LogP contribution is 2.43. The van der Waals surface area contributed by atoms with E-state index >= 15 is 0 Å². The summed E-state index contributed by atoms with van der Waals surface area (Å²) in [5, 5.41) is 9.05. The average Bonchev–Trinajstić information content (AvgIpc) is 3.08. The van der Waals surface area contributed by atoms with E-state index in [2.05, 4.69) is 55.5 Å². The molecule has 102 valence electrons. The predicted octanol–water partition coefficient (Wildman–Crippen LogP) is 4.52. The molecule has 0 unspecified atom stereocenters. The molecule has 0 amide bonds. The Bertz CT molecular complexity index is 641. The molecule has 0 aliphatic heterocycles. The summed E-state index contributed by atoms with van der Waals surface area (Å²) in [5.41, 5.74) is 8.19. The Hall–Kier alpha value is -1.86. The molecule has 0 saturated carbocycles. The smallest absolute Gasteiger partial charge is 0.0434 e. The molecule has 0 aromatic heterocycles. The molecule has 0 heterocycles. The van der Waals surface area contributed by atoms with Crippen LogP contribution in [0.4, 0.5) is 0 Å². The summed E-state index contributed by atoms with van der Waals surface area (Å²) in [7, 11) is 0. The van der Waals surface area contributed by atoms with E-state index < -0.39 is 0 Å². The van der Waals surface area contributed by atoms with E-state index in [9.17, 15) is 0 Å². The summed E-state index contributed by atoms with van der Waals surface area (Å²) in [6.07, 6.45) is 11.8. The first kappa shape index (κ1) is 13.1. The molecule has 0 atom stereocenters. The Morgan fingerprint density at radius 1 is 1.25 bits per heavy atom. The van der Waals surface area contributed by atoms with E-state index in [4.69, 9.17) is 5.11 Å². The Balaban J connectivity index is 2.00. The highest BCUT2D eigenvalue weighted by molar-refractivity contribution is 5.98. The summed E-state index contributed by atoms with van der Waals surface area (Å²) < 4.78 is 0. The van der Waals surface area contributed by atoms with Crippen molar-refractivity contribution in [1.82, 2.24) is 0 Å². The first-order valence-electron chi connectivity index (χ1n) is 7.32. The van der Waals surface area contributed by atoms with E-state index in [1.807, 2.05) is 0 Å². The van der Waals surface area contributed by atoms with Crippen molar-refractivity contribution >= 4 is 11.6 Å². The van der Waals surface area contributed by atoms with Crippen LogP contribution in [0.25, 0.3) is 11.6 Å². The number of rotatable bonds is 4. The molecule has 1 heteroatoms. The van der Waals surface area contributed by atoms with Gasteiger partial charge in [-0.3, -0.25) is 0 Å². The Morgan fingerprint density at radius 3 is 2.90 bits per heavy atom. The van der Waals surface area contributed by atoms with Crippen molar-refractivity contribution in [1.29, 1.82) is 0 Å². The van der Waals surface area contributed by atoms with Gasteiger partial charge in [-0.05, 0) is 65.7 Å². The van der Waals surface area contributed by atoms with Gasteiger partial charge in [0.25, 0.3) is 0 Å². The van der Waals surface area contributed by atoms with Crippen LogP contribution >= 0.6 is 0 Å². The third-order valence-electron chi connectivity index (χ3n) is 4.09. The zero-order valence-corrected chi connectivity index (χ0v) is 11.9. The van der Waals surface area contributed by atoms with Crippen LogP contribution in [0.15, 0.2) is 59.2 Å². The second kappa shape index (κ2) is 5.64. The van der Waals surface area contributed by atoms with Gasteiger partial charge >= 0.3 is 0 Å². The summed E-state index contributed by atoms with van der Waals surface area (Å²) >= 11 is 0. The van der Waals surface area contributed by atoms with E-state index in [-0.39, 0.29) is 6.61 Å². The minimum absolute atomic E-state index is 0.264. The van der Waals surface area contributed by atoms with Crippen molar-refractivity contribution in [3.63, 3.8) is 0 Å². The maximum Gasteiger partial charge on any atom is 0.0434 e. The van der Waals surface area contributed by atoms with Gasteiger partial charge in [0.15, 0.2) is 0 Å². The molecule has 2 aliphatic rings. The zero-order valence-electron chi connectivity index (χ0n) is 11.9. The second-order valence-corrected chi connectivity index (χ2v) is 5.29. The number of benzene rings is 1. The van der Waals surface area contributed by atoms with Gasteiger partial charge < -0.3 is 5.11 Å². The summed E-state index contributed by atoms with van der Waals surface area (Å²) in [6, 6.07) is 8.58. The molecule has 1 nitrogen and oxygen atoms in total. The van der Waals surface area contributed by atoms with Gasteiger partial charge in [0.2, 0.25) is 0 Å². The number of aliphatic hydroxyl groups excluding tert-OH is 1. The maximum atomic E-state index is 9.05. The number of allylic oxidation sites excluding steroid dienone is 7. The third kappa shape index (κ3) is 2.19. The lowest BCUT2D eigenvalue weighted by Gasteiger charge is -2.11. The first-order chi connectivity index (χ1) is 9.85. The van der Waals surface area contributed by atoms with Crippen LogP contribution in [-0.2, 0) is 0 Å². The SMILES string of the molecule is CC=C1C(C2=C(CCCO)C=CC2)=Cc2ccccc21. The second-order valence-electron chi connectivity index (χ2n) is 5.29. The fraction of sp³-hybridized carbons (Fsp3) is 0.263. The largest absolute Gasteiger partial charge is 0.396 e. The Morgan fingerprint density at radius 2 is 2.10 bits per heavy atom. The normalized spacial score (nSPS) is 18.9. The molecule has 3 rings (SSSR count). The lowest BCUT2D eigenvalue weighted by molar-refractivity contribution is 0.289. The zero-order chi connectivity index (χ0) is 13.9. The fourth-order valence-corrected chi connectivity index (χ4v) is 3.14. The number of hydrogen-bond acceptors (Lipinski definition) is 1. The summed E-state index contributed by atoms with van der Waals surface area (Å²) in [5.74, 6) is 0. The fourth-order valence-electron chi connectivity index (χ4n) is 3.14. The van der Waals surface area contributed by atoms with Crippen LogP contribution in [0, 0.1) is 0 Å². The molecule has 1 aromatic rings. The quantitative estimate of drug-likeness (QED) is 0.848. The molecule has 0 radical (unpaired) electrons. The van der Waals surface area contributed by atoms with Gasteiger partial charge in [-0.25, -0.2) is 0 Å². The average molecular weight is 264 g/mol. The summed E-state index contributed by atoms with van der Waals surface area (Å²) in [4.78, 5) is 0. The minimum atomic E-state index is 0.264. The molecule has 0 fully saturated rings. The van der Waals surface area contributed by atoms with Crippen LogP contribution in [0.3, 0.4) is 0 Å². The molecule has 1 aromatic carbocycles. The van der Waals surface area contributed by atoms with Gasteiger partial charge in [0, 0.05) is 6.61 Å². The topological polar surface area (TPSA) is 20.2 Å². The van der Waals surface area contributed by atoms with E-state index in [0.717, 1.165) is 19.3 Å². The van der Waals surface area contributed by atoms with Crippen LogP contribution in [0.2, 0.25) is 0 Å². The van der Waals surface area contributed by atoms with Crippen molar-refractivity contribution in [2.45, 2.75) is 26.2 Å². The van der Waals surface area contributed by atoms with Crippen LogP contribution < -0.4 is 0 Å². The van der Waals surface area contributed by atoms with E-state index in [1.54, 1.807) is 0 Å². The predicted molar refractivity (Wildman–Crippen MR) is 85.2 cm³/mol. The van der Waals surface area contributed by atoms with E-state index in [1.165, 1.54) is 33.4 Å². The van der Waals surface area contributed by atoms with Crippen molar-refractivity contribution in [2.24, 2.45) is 0 Å². The van der Waals surface area contributed by atoms with Crippen molar-refractivity contribution < 1.29 is 5.11 Å². The maximum absolute atomic E-state index is 9.05. The molecule has 20 heavy (non-hydrogen) atoms.